The molecule has 0 fully saturated rings. The highest BCUT2D eigenvalue weighted by atomic mass is 16.5. The summed E-state index contributed by atoms with van der Waals surface area (Å²) < 4.78 is 10.1. The second kappa shape index (κ2) is 8.18. The lowest BCUT2D eigenvalue weighted by Crippen LogP contribution is -2.37. The molecule has 0 bridgehead atoms. The molecule has 1 amide bonds. The number of carbonyl (C=O) groups is 1. The lowest BCUT2D eigenvalue weighted by Gasteiger charge is -2.11. The van der Waals surface area contributed by atoms with E-state index in [0.29, 0.717) is 18.0 Å². The lowest BCUT2D eigenvalue weighted by molar-refractivity contribution is -0.114. The first-order chi connectivity index (χ1) is 15.2. The van der Waals surface area contributed by atoms with Crippen molar-refractivity contribution in [2.75, 3.05) is 5.32 Å². The Labute approximate surface area is 183 Å². The number of fused-ring (bicyclic) bond motifs is 1. The molecule has 0 spiro atoms. The number of imidazole rings is 1. The summed E-state index contributed by atoms with van der Waals surface area (Å²) in [6, 6.07) is 14.9. The van der Waals surface area contributed by atoms with Crippen LogP contribution in [0.3, 0.4) is 0 Å². The predicted molar refractivity (Wildman–Crippen MR) is 121 cm³/mol. The van der Waals surface area contributed by atoms with Gasteiger partial charge in [0, 0.05) is 26.7 Å². The highest BCUT2D eigenvalue weighted by Crippen LogP contribution is 2.26. The van der Waals surface area contributed by atoms with Crippen LogP contribution >= 0.6 is 0 Å². The Morgan fingerprint density at radius 2 is 1.78 bits per heavy atom. The van der Waals surface area contributed by atoms with Crippen molar-refractivity contribution in [2.24, 2.45) is 14.1 Å². The number of carbonyl (C=O) groups excluding carboxylic acids is 1. The molecule has 2 heterocycles. The Morgan fingerprint density at radius 3 is 2.44 bits per heavy atom. The molecule has 0 aliphatic heterocycles. The van der Waals surface area contributed by atoms with Crippen LogP contribution in [0.5, 0.6) is 11.8 Å². The van der Waals surface area contributed by atoms with Gasteiger partial charge in [-0.05, 0) is 36.8 Å². The maximum Gasteiger partial charge on any atom is 0.332 e. The number of anilines is 1. The van der Waals surface area contributed by atoms with Gasteiger partial charge in [0.15, 0.2) is 11.2 Å². The summed E-state index contributed by atoms with van der Waals surface area (Å²) in [5.74, 6) is 0.303. The molecule has 0 unspecified atom stereocenters. The van der Waals surface area contributed by atoms with E-state index in [2.05, 4.69) is 10.3 Å². The van der Waals surface area contributed by atoms with Gasteiger partial charge in [-0.1, -0.05) is 29.8 Å². The molecule has 0 atom stereocenters. The number of ether oxygens (including phenoxy) is 1. The largest absolute Gasteiger partial charge is 0.425 e. The van der Waals surface area contributed by atoms with Gasteiger partial charge in [-0.15, -0.1) is 0 Å². The fraction of sp³-hybridized carbons (Fsp3) is 0.217. The van der Waals surface area contributed by atoms with Gasteiger partial charge < -0.3 is 10.1 Å². The molecular weight excluding hydrogens is 410 g/mol. The molecule has 1 N–H and O–H groups in total. The average Bonchev–Trinajstić information content (AvgIpc) is 3.10. The van der Waals surface area contributed by atoms with Crippen molar-refractivity contribution in [3.8, 4) is 11.8 Å². The number of nitrogens with zero attached hydrogens (tertiary/aromatic N) is 4. The fourth-order valence-corrected chi connectivity index (χ4v) is 3.56. The number of benzene rings is 2. The van der Waals surface area contributed by atoms with Gasteiger partial charge in [-0.25, -0.2) is 4.79 Å². The van der Waals surface area contributed by atoms with E-state index in [4.69, 9.17) is 4.74 Å². The molecule has 0 aliphatic rings. The quantitative estimate of drug-likeness (QED) is 0.521. The molecule has 0 saturated heterocycles. The van der Waals surface area contributed by atoms with Crippen molar-refractivity contribution in [1.82, 2.24) is 18.7 Å². The molecule has 4 aromatic rings. The number of amides is 1. The number of hydrogen-bond acceptors (Lipinski definition) is 5. The average molecular weight is 433 g/mol. The SMILES string of the molecule is CC(=O)Nc1ccc(Oc2nc3c(c(=O)n(C)c(=O)n3C)n2Cc2cccc(C)c2)cc1. The van der Waals surface area contributed by atoms with Crippen molar-refractivity contribution in [2.45, 2.75) is 20.4 Å². The molecule has 2 aromatic heterocycles. The standard InChI is InChI=1S/C23H23N5O4/c1-14-6-5-7-16(12-14)13-28-19-20(26(3)23(31)27(4)21(19)30)25-22(28)32-18-10-8-17(9-11-18)24-15(2)29/h5-12H,13H2,1-4H3,(H,24,29). The van der Waals surface area contributed by atoms with Crippen LogP contribution in [-0.4, -0.2) is 24.6 Å². The van der Waals surface area contributed by atoms with Crippen LogP contribution in [0.1, 0.15) is 18.1 Å². The van der Waals surface area contributed by atoms with Crippen molar-refractivity contribution < 1.29 is 9.53 Å². The Balaban J connectivity index is 1.84. The summed E-state index contributed by atoms with van der Waals surface area (Å²) in [7, 11) is 3.01. The topological polar surface area (TPSA) is 100 Å². The van der Waals surface area contributed by atoms with E-state index in [1.54, 1.807) is 35.9 Å². The second-order valence-corrected chi connectivity index (χ2v) is 7.66. The van der Waals surface area contributed by atoms with Crippen LogP contribution in [0.15, 0.2) is 58.1 Å². The van der Waals surface area contributed by atoms with Crippen molar-refractivity contribution >= 4 is 22.8 Å². The van der Waals surface area contributed by atoms with Gasteiger partial charge in [0.05, 0.1) is 6.54 Å². The smallest absolute Gasteiger partial charge is 0.332 e. The summed E-state index contributed by atoms with van der Waals surface area (Å²) in [5.41, 5.74) is 2.30. The zero-order chi connectivity index (χ0) is 23.0. The summed E-state index contributed by atoms with van der Waals surface area (Å²) in [6.07, 6.45) is 0. The molecule has 32 heavy (non-hydrogen) atoms. The highest BCUT2D eigenvalue weighted by Gasteiger charge is 2.21. The maximum absolute atomic E-state index is 13.0. The number of aromatic nitrogens is 4. The molecule has 9 nitrogen and oxygen atoms in total. The van der Waals surface area contributed by atoms with Gasteiger partial charge in [0.25, 0.3) is 5.56 Å². The van der Waals surface area contributed by atoms with Crippen LogP contribution in [0.2, 0.25) is 0 Å². The third-order valence-electron chi connectivity index (χ3n) is 5.12. The van der Waals surface area contributed by atoms with Crippen LogP contribution < -0.4 is 21.3 Å². The monoisotopic (exact) mass is 433 g/mol. The van der Waals surface area contributed by atoms with Crippen LogP contribution in [0.25, 0.3) is 11.2 Å². The first-order valence-electron chi connectivity index (χ1n) is 10.0. The van der Waals surface area contributed by atoms with Crippen LogP contribution in [0, 0.1) is 6.92 Å². The molecule has 4 rings (SSSR count). The number of rotatable bonds is 5. The second-order valence-electron chi connectivity index (χ2n) is 7.66. The summed E-state index contributed by atoms with van der Waals surface area (Å²) in [5, 5.41) is 2.70. The molecule has 164 valence electrons. The Hall–Kier alpha value is -4.14. The van der Waals surface area contributed by atoms with Gasteiger partial charge in [0.1, 0.15) is 5.75 Å². The van der Waals surface area contributed by atoms with Crippen LogP contribution in [0.4, 0.5) is 5.69 Å². The molecule has 9 heteroatoms. The minimum absolute atomic E-state index is 0.171. The summed E-state index contributed by atoms with van der Waals surface area (Å²) in [6.45, 7) is 3.76. The predicted octanol–water partition coefficient (Wildman–Crippen LogP) is 2.54. The van der Waals surface area contributed by atoms with Gasteiger partial charge in [-0.3, -0.25) is 23.3 Å². The van der Waals surface area contributed by atoms with Crippen molar-refractivity contribution in [3.05, 3.63) is 80.5 Å². The Bertz CT molecular complexity index is 1440. The highest BCUT2D eigenvalue weighted by molar-refractivity contribution is 5.88. The zero-order valence-corrected chi connectivity index (χ0v) is 18.2. The minimum Gasteiger partial charge on any atom is -0.425 e. The lowest BCUT2D eigenvalue weighted by atomic mass is 10.1. The van der Waals surface area contributed by atoms with E-state index in [9.17, 15) is 14.4 Å². The van der Waals surface area contributed by atoms with Gasteiger partial charge >= 0.3 is 11.7 Å². The molecule has 0 radical (unpaired) electrons. The van der Waals surface area contributed by atoms with Crippen molar-refractivity contribution in [1.29, 1.82) is 0 Å². The summed E-state index contributed by atoms with van der Waals surface area (Å²) >= 11 is 0. The van der Waals surface area contributed by atoms with E-state index in [1.165, 1.54) is 18.5 Å². The maximum atomic E-state index is 13.0. The fourth-order valence-electron chi connectivity index (χ4n) is 3.56. The number of aryl methyl sites for hydroxylation is 2. The molecular formula is C23H23N5O4. The first-order valence-corrected chi connectivity index (χ1v) is 10.0. The summed E-state index contributed by atoms with van der Waals surface area (Å²) in [4.78, 5) is 41.1. The molecule has 0 saturated carbocycles. The Kier molecular flexibility index (Phi) is 5.40. The Morgan fingerprint density at radius 1 is 1.06 bits per heavy atom. The number of nitrogens with one attached hydrogen (secondary N) is 1. The molecule has 2 aromatic carbocycles. The van der Waals surface area contributed by atoms with Crippen molar-refractivity contribution in [3.63, 3.8) is 0 Å². The van der Waals surface area contributed by atoms with E-state index in [1.807, 2.05) is 31.2 Å². The third-order valence-corrected chi connectivity index (χ3v) is 5.12. The van der Waals surface area contributed by atoms with E-state index in [0.717, 1.165) is 15.7 Å². The number of hydrogen-bond donors (Lipinski definition) is 1. The van der Waals surface area contributed by atoms with Gasteiger partial charge in [-0.2, -0.15) is 4.98 Å². The van der Waals surface area contributed by atoms with E-state index in [-0.39, 0.29) is 23.1 Å². The minimum atomic E-state index is -0.464. The molecule has 0 aliphatic carbocycles. The van der Waals surface area contributed by atoms with Gasteiger partial charge in [0.2, 0.25) is 5.91 Å². The van der Waals surface area contributed by atoms with E-state index < -0.39 is 11.2 Å². The third kappa shape index (κ3) is 3.92. The van der Waals surface area contributed by atoms with Crippen LogP contribution in [-0.2, 0) is 25.4 Å². The first kappa shape index (κ1) is 21.1. The van der Waals surface area contributed by atoms with E-state index >= 15 is 0 Å². The zero-order valence-electron chi connectivity index (χ0n) is 18.2. The normalized spacial score (nSPS) is 11.0.